The van der Waals surface area contributed by atoms with Gasteiger partial charge in [-0.1, -0.05) is 216 Å². The molecule has 3 N–H and O–H groups in total. The van der Waals surface area contributed by atoms with Crippen molar-refractivity contribution < 1.29 is 15.0 Å². The highest BCUT2D eigenvalue weighted by atomic mass is 16.3. The molecule has 0 aliphatic carbocycles. The van der Waals surface area contributed by atoms with Gasteiger partial charge in [-0.3, -0.25) is 4.79 Å². The van der Waals surface area contributed by atoms with Crippen LogP contribution in [0.3, 0.4) is 0 Å². The Hall–Kier alpha value is -1.91. The largest absolute Gasteiger partial charge is 0.394 e. The SMILES string of the molecule is CC/C=C\C/C=C\C/C=C\CCCCCCCCCC(=O)NC(CO)C(O)/C=C/CC/C=C/CCCCCCCCCCCCCCCCCCCC. The molecule has 308 valence electrons. The van der Waals surface area contributed by atoms with Crippen molar-refractivity contribution in [1.29, 1.82) is 0 Å². The van der Waals surface area contributed by atoms with Gasteiger partial charge in [-0.25, -0.2) is 0 Å². The first kappa shape index (κ1) is 51.1. The molecule has 4 heteroatoms. The maximum Gasteiger partial charge on any atom is 0.220 e. The van der Waals surface area contributed by atoms with E-state index in [0.717, 1.165) is 64.2 Å². The highest BCUT2D eigenvalue weighted by molar-refractivity contribution is 5.76. The monoisotopic (exact) mass is 740 g/mol. The molecule has 2 unspecified atom stereocenters. The molecule has 0 aliphatic rings. The number of rotatable bonds is 41. The minimum Gasteiger partial charge on any atom is -0.394 e. The Balaban J connectivity index is 3.60. The molecule has 2 atom stereocenters. The van der Waals surface area contributed by atoms with Crippen molar-refractivity contribution in [3.8, 4) is 0 Å². The fourth-order valence-electron chi connectivity index (χ4n) is 6.74. The van der Waals surface area contributed by atoms with Crippen LogP contribution in [0.2, 0.25) is 0 Å². The summed E-state index contributed by atoms with van der Waals surface area (Å²) in [6, 6.07) is -0.646. The zero-order valence-electron chi connectivity index (χ0n) is 35.3. The quantitative estimate of drug-likeness (QED) is 0.0432. The molecule has 0 radical (unpaired) electrons. The molecule has 0 aliphatic heterocycles. The van der Waals surface area contributed by atoms with Crippen LogP contribution in [0.15, 0.2) is 60.8 Å². The van der Waals surface area contributed by atoms with E-state index in [1.165, 1.54) is 141 Å². The van der Waals surface area contributed by atoms with Crippen LogP contribution in [0.1, 0.15) is 226 Å². The number of allylic oxidation sites excluding steroid dienone is 9. The second-order valence-corrected chi connectivity index (χ2v) is 15.4. The lowest BCUT2D eigenvalue weighted by Crippen LogP contribution is -2.45. The summed E-state index contributed by atoms with van der Waals surface area (Å²) < 4.78 is 0. The maximum absolute atomic E-state index is 12.4. The Morgan fingerprint density at radius 1 is 0.472 bits per heavy atom. The van der Waals surface area contributed by atoms with Gasteiger partial charge in [0, 0.05) is 6.42 Å². The van der Waals surface area contributed by atoms with E-state index in [1.807, 2.05) is 6.08 Å². The average Bonchev–Trinajstić information content (AvgIpc) is 3.16. The molecule has 0 aromatic rings. The first-order valence-electron chi connectivity index (χ1n) is 23.0. The maximum atomic E-state index is 12.4. The number of unbranched alkanes of at least 4 members (excludes halogenated alkanes) is 26. The summed E-state index contributed by atoms with van der Waals surface area (Å²) in [6.07, 6.45) is 62.0. The molecule has 0 fully saturated rings. The highest BCUT2D eigenvalue weighted by Crippen LogP contribution is 2.15. The predicted octanol–water partition coefficient (Wildman–Crippen LogP) is 14.5. The molecule has 4 nitrogen and oxygen atoms in total. The highest BCUT2D eigenvalue weighted by Gasteiger charge is 2.17. The van der Waals surface area contributed by atoms with E-state index >= 15 is 0 Å². The summed E-state index contributed by atoms with van der Waals surface area (Å²) in [7, 11) is 0. The molecule has 0 heterocycles. The summed E-state index contributed by atoms with van der Waals surface area (Å²) in [4.78, 5) is 12.4. The normalized spacial score (nSPS) is 13.5. The number of aliphatic hydroxyl groups is 2. The van der Waals surface area contributed by atoms with Crippen molar-refractivity contribution in [1.82, 2.24) is 5.32 Å². The predicted molar refractivity (Wildman–Crippen MR) is 234 cm³/mol. The standard InChI is InChI=1S/C49H89NO3/c1-3-5-7-9-11-13-15-17-19-21-22-23-24-25-26-27-29-30-32-34-36-38-40-42-44-48(52)47(46-51)50-49(53)45-43-41-39-37-35-33-31-28-20-18-16-14-12-10-8-6-4-2/h6,8,12,14,18,20,34,36,42,44,47-48,51-52H,3-5,7,9-11,13,15-17,19,21-33,35,37-41,43,45-46H2,1-2H3,(H,50,53)/b8-6-,14-12-,20-18-,36-34+,44-42+. The molecule has 53 heavy (non-hydrogen) atoms. The number of amides is 1. The van der Waals surface area contributed by atoms with Crippen LogP contribution in [0.25, 0.3) is 0 Å². The Kier molecular flexibility index (Phi) is 42.9. The first-order chi connectivity index (χ1) is 26.2. The summed E-state index contributed by atoms with van der Waals surface area (Å²) in [5, 5.41) is 23.0. The van der Waals surface area contributed by atoms with Crippen LogP contribution in [0.5, 0.6) is 0 Å². The molecule has 0 saturated carbocycles. The summed E-state index contributed by atoms with van der Waals surface area (Å²) in [5.74, 6) is -0.0851. The van der Waals surface area contributed by atoms with Gasteiger partial charge in [-0.15, -0.1) is 0 Å². The minimum absolute atomic E-state index is 0.0851. The Labute approximate surface area is 330 Å². The Morgan fingerprint density at radius 2 is 0.849 bits per heavy atom. The van der Waals surface area contributed by atoms with Gasteiger partial charge in [0.1, 0.15) is 0 Å². The van der Waals surface area contributed by atoms with Gasteiger partial charge >= 0.3 is 0 Å². The number of nitrogens with one attached hydrogen (secondary N) is 1. The van der Waals surface area contributed by atoms with Crippen molar-refractivity contribution in [2.75, 3.05) is 6.61 Å². The summed E-state index contributed by atoms with van der Waals surface area (Å²) in [6.45, 7) is 4.19. The van der Waals surface area contributed by atoms with Crippen LogP contribution in [0.4, 0.5) is 0 Å². The van der Waals surface area contributed by atoms with Gasteiger partial charge in [0.2, 0.25) is 5.91 Å². The average molecular weight is 740 g/mol. The Bertz CT molecular complexity index is 888. The number of aliphatic hydroxyl groups excluding tert-OH is 2. The van der Waals surface area contributed by atoms with E-state index in [9.17, 15) is 15.0 Å². The molecule has 1 amide bonds. The second-order valence-electron chi connectivity index (χ2n) is 15.4. The van der Waals surface area contributed by atoms with Gasteiger partial charge in [-0.05, 0) is 64.2 Å². The van der Waals surface area contributed by atoms with Crippen molar-refractivity contribution in [3.63, 3.8) is 0 Å². The molecule has 0 saturated heterocycles. The van der Waals surface area contributed by atoms with Crippen LogP contribution in [-0.4, -0.2) is 34.9 Å². The molecular weight excluding hydrogens is 651 g/mol. The topological polar surface area (TPSA) is 69.6 Å². The number of carbonyl (C=O) groups excluding carboxylic acids is 1. The van der Waals surface area contributed by atoms with E-state index in [0.29, 0.717) is 6.42 Å². The zero-order valence-corrected chi connectivity index (χ0v) is 35.3. The number of carbonyl (C=O) groups is 1. The molecule has 0 spiro atoms. The van der Waals surface area contributed by atoms with Gasteiger partial charge in [0.15, 0.2) is 0 Å². The minimum atomic E-state index is -0.869. The Morgan fingerprint density at radius 3 is 1.32 bits per heavy atom. The summed E-state index contributed by atoms with van der Waals surface area (Å²) in [5.41, 5.74) is 0. The van der Waals surface area contributed by atoms with Crippen molar-refractivity contribution in [2.24, 2.45) is 0 Å². The first-order valence-corrected chi connectivity index (χ1v) is 23.0. The molecule has 0 aromatic heterocycles. The molecule has 0 aromatic carbocycles. The van der Waals surface area contributed by atoms with E-state index in [-0.39, 0.29) is 12.5 Å². The third-order valence-electron chi connectivity index (χ3n) is 10.2. The molecule has 0 bridgehead atoms. The van der Waals surface area contributed by atoms with Crippen molar-refractivity contribution in [2.45, 2.75) is 238 Å². The van der Waals surface area contributed by atoms with Gasteiger partial charge in [0.05, 0.1) is 18.8 Å². The smallest absolute Gasteiger partial charge is 0.220 e. The van der Waals surface area contributed by atoms with Crippen molar-refractivity contribution >= 4 is 5.91 Å². The van der Waals surface area contributed by atoms with Crippen LogP contribution >= 0.6 is 0 Å². The van der Waals surface area contributed by atoms with Crippen molar-refractivity contribution in [3.05, 3.63) is 60.8 Å². The lowest BCUT2D eigenvalue weighted by atomic mass is 10.0. The number of hydrogen-bond donors (Lipinski definition) is 3. The van der Waals surface area contributed by atoms with E-state index in [2.05, 4.69) is 67.8 Å². The van der Waals surface area contributed by atoms with E-state index in [1.54, 1.807) is 6.08 Å². The van der Waals surface area contributed by atoms with Crippen LogP contribution in [-0.2, 0) is 4.79 Å². The van der Waals surface area contributed by atoms with Crippen LogP contribution < -0.4 is 5.32 Å². The van der Waals surface area contributed by atoms with E-state index in [4.69, 9.17) is 0 Å². The van der Waals surface area contributed by atoms with E-state index < -0.39 is 12.1 Å². The second kappa shape index (κ2) is 44.5. The van der Waals surface area contributed by atoms with Gasteiger partial charge in [0.25, 0.3) is 0 Å². The lowest BCUT2D eigenvalue weighted by Gasteiger charge is -2.19. The third kappa shape index (κ3) is 41.1. The number of hydrogen-bond acceptors (Lipinski definition) is 3. The van der Waals surface area contributed by atoms with Gasteiger partial charge in [-0.2, -0.15) is 0 Å². The van der Waals surface area contributed by atoms with Crippen LogP contribution in [0, 0.1) is 0 Å². The van der Waals surface area contributed by atoms with Gasteiger partial charge < -0.3 is 15.5 Å². The fraction of sp³-hybridized carbons (Fsp3) is 0.776. The molecular formula is C49H89NO3. The lowest BCUT2D eigenvalue weighted by molar-refractivity contribution is -0.123. The summed E-state index contributed by atoms with van der Waals surface area (Å²) >= 11 is 0. The third-order valence-corrected chi connectivity index (χ3v) is 10.2. The molecule has 0 rings (SSSR count). The zero-order chi connectivity index (χ0) is 38.6. The fourth-order valence-corrected chi connectivity index (χ4v) is 6.74.